The first kappa shape index (κ1) is 15.0. The third-order valence-electron chi connectivity index (χ3n) is 3.25. The molecule has 1 atom stereocenters. The van der Waals surface area contributed by atoms with Gasteiger partial charge >= 0.3 is 0 Å². The number of phenolic OH excluding ortho intramolecular Hbond substituents is 1. The quantitative estimate of drug-likeness (QED) is 0.799. The molecule has 0 heterocycles. The molecule has 3 nitrogen and oxygen atoms in total. The third-order valence-corrected chi connectivity index (χ3v) is 3.25. The van der Waals surface area contributed by atoms with Gasteiger partial charge in [-0.15, -0.1) is 6.42 Å². The predicted molar refractivity (Wildman–Crippen MR) is 84.1 cm³/mol. The Morgan fingerprint density at radius 2 is 2.05 bits per heavy atom. The summed E-state index contributed by atoms with van der Waals surface area (Å²) in [6, 6.07) is 15.2. The van der Waals surface area contributed by atoms with E-state index in [4.69, 9.17) is 11.2 Å². The summed E-state index contributed by atoms with van der Waals surface area (Å²) in [6.45, 7) is 2.98. The van der Waals surface area contributed by atoms with Crippen LogP contribution in [0.15, 0.2) is 48.5 Å². The molecular formula is C18H19NO2. The Labute approximate surface area is 125 Å². The number of benzene rings is 2. The molecule has 0 aromatic heterocycles. The van der Waals surface area contributed by atoms with E-state index in [1.807, 2.05) is 36.4 Å². The van der Waals surface area contributed by atoms with E-state index in [-0.39, 0.29) is 18.4 Å². The third kappa shape index (κ3) is 4.27. The topological polar surface area (TPSA) is 41.5 Å². The van der Waals surface area contributed by atoms with Gasteiger partial charge in [0, 0.05) is 18.2 Å². The van der Waals surface area contributed by atoms with E-state index in [0.29, 0.717) is 6.54 Å². The standard InChI is InChI=1S/C18H19NO2/c1-3-11-21-18-10-5-4-7-16(18)13-19-14(2)15-8-6-9-17(20)12-15/h1,4-10,12,14,19-20H,11,13H2,2H3. The summed E-state index contributed by atoms with van der Waals surface area (Å²) in [5, 5.41) is 12.9. The van der Waals surface area contributed by atoms with Gasteiger partial charge in [0.15, 0.2) is 0 Å². The molecule has 0 aliphatic carbocycles. The minimum Gasteiger partial charge on any atom is -0.508 e. The Morgan fingerprint density at radius 3 is 2.81 bits per heavy atom. The maximum atomic E-state index is 9.52. The van der Waals surface area contributed by atoms with Gasteiger partial charge in [0.05, 0.1) is 0 Å². The van der Waals surface area contributed by atoms with E-state index in [9.17, 15) is 5.11 Å². The number of hydrogen-bond acceptors (Lipinski definition) is 3. The largest absolute Gasteiger partial charge is 0.508 e. The summed E-state index contributed by atoms with van der Waals surface area (Å²) in [7, 11) is 0. The van der Waals surface area contributed by atoms with Crippen molar-refractivity contribution in [2.45, 2.75) is 19.5 Å². The summed E-state index contributed by atoms with van der Waals surface area (Å²) >= 11 is 0. The predicted octanol–water partition coefficient (Wildman–Crippen LogP) is 3.26. The van der Waals surface area contributed by atoms with Crippen molar-refractivity contribution >= 4 is 0 Å². The van der Waals surface area contributed by atoms with Crippen LogP contribution in [0.4, 0.5) is 0 Å². The molecule has 2 rings (SSSR count). The highest BCUT2D eigenvalue weighted by Crippen LogP contribution is 2.21. The number of aromatic hydroxyl groups is 1. The Bertz CT molecular complexity index is 631. The molecule has 0 bridgehead atoms. The summed E-state index contributed by atoms with van der Waals surface area (Å²) < 4.78 is 5.53. The highest BCUT2D eigenvalue weighted by Gasteiger charge is 2.08. The monoisotopic (exact) mass is 281 g/mol. The van der Waals surface area contributed by atoms with Crippen LogP contribution in [0.25, 0.3) is 0 Å². The average Bonchev–Trinajstić information content (AvgIpc) is 2.51. The van der Waals surface area contributed by atoms with Crippen LogP contribution in [-0.4, -0.2) is 11.7 Å². The second-order valence-electron chi connectivity index (χ2n) is 4.80. The van der Waals surface area contributed by atoms with E-state index < -0.39 is 0 Å². The Balaban J connectivity index is 2.01. The van der Waals surface area contributed by atoms with E-state index in [2.05, 4.69) is 18.2 Å². The zero-order chi connectivity index (χ0) is 15.1. The van der Waals surface area contributed by atoms with Crippen molar-refractivity contribution in [3.05, 3.63) is 59.7 Å². The molecule has 0 spiro atoms. The van der Waals surface area contributed by atoms with Crippen LogP contribution in [0.2, 0.25) is 0 Å². The number of terminal acetylenes is 1. The number of phenols is 1. The lowest BCUT2D eigenvalue weighted by atomic mass is 10.1. The fourth-order valence-electron chi connectivity index (χ4n) is 2.09. The number of hydrogen-bond donors (Lipinski definition) is 2. The molecule has 0 radical (unpaired) electrons. The van der Waals surface area contributed by atoms with E-state index in [1.165, 1.54) is 0 Å². The SMILES string of the molecule is C#CCOc1ccccc1CNC(C)c1cccc(O)c1. The van der Waals surface area contributed by atoms with Gasteiger partial charge in [0.25, 0.3) is 0 Å². The van der Waals surface area contributed by atoms with Gasteiger partial charge in [0.2, 0.25) is 0 Å². The van der Waals surface area contributed by atoms with Crippen molar-refractivity contribution in [3.8, 4) is 23.8 Å². The van der Waals surface area contributed by atoms with Crippen LogP contribution in [0.1, 0.15) is 24.1 Å². The van der Waals surface area contributed by atoms with E-state index in [1.54, 1.807) is 12.1 Å². The molecular weight excluding hydrogens is 262 g/mol. The average molecular weight is 281 g/mol. The minimum absolute atomic E-state index is 0.123. The van der Waals surface area contributed by atoms with Gasteiger partial charge in [-0.2, -0.15) is 0 Å². The number of ether oxygens (including phenoxy) is 1. The zero-order valence-electron chi connectivity index (χ0n) is 12.0. The molecule has 3 heteroatoms. The number of rotatable bonds is 6. The lowest BCUT2D eigenvalue weighted by molar-refractivity contribution is 0.364. The smallest absolute Gasteiger partial charge is 0.148 e. The molecule has 0 amide bonds. The molecule has 2 N–H and O–H groups in total. The normalized spacial score (nSPS) is 11.6. The van der Waals surface area contributed by atoms with Gasteiger partial charge in [0.1, 0.15) is 18.1 Å². The first-order chi connectivity index (χ1) is 10.2. The molecule has 2 aromatic carbocycles. The molecule has 0 fully saturated rings. The van der Waals surface area contributed by atoms with Crippen molar-refractivity contribution in [1.82, 2.24) is 5.32 Å². The summed E-state index contributed by atoms with van der Waals surface area (Å²) in [6.07, 6.45) is 5.22. The molecule has 0 aliphatic heterocycles. The van der Waals surface area contributed by atoms with Crippen LogP contribution < -0.4 is 10.1 Å². The Morgan fingerprint density at radius 1 is 1.24 bits per heavy atom. The summed E-state index contributed by atoms with van der Waals surface area (Å²) in [4.78, 5) is 0. The fraction of sp³-hybridized carbons (Fsp3) is 0.222. The van der Waals surface area contributed by atoms with Crippen LogP contribution in [0.5, 0.6) is 11.5 Å². The van der Waals surface area contributed by atoms with Gasteiger partial charge < -0.3 is 15.2 Å². The van der Waals surface area contributed by atoms with Crippen molar-refractivity contribution in [3.63, 3.8) is 0 Å². The minimum atomic E-state index is 0.123. The highest BCUT2D eigenvalue weighted by molar-refractivity contribution is 5.34. The van der Waals surface area contributed by atoms with Crippen molar-refractivity contribution in [2.24, 2.45) is 0 Å². The van der Waals surface area contributed by atoms with Crippen molar-refractivity contribution in [1.29, 1.82) is 0 Å². The second kappa shape index (κ2) is 7.37. The highest BCUT2D eigenvalue weighted by atomic mass is 16.5. The van der Waals surface area contributed by atoms with Gasteiger partial charge in [-0.05, 0) is 30.7 Å². The molecule has 1 unspecified atom stereocenters. The van der Waals surface area contributed by atoms with Crippen LogP contribution in [0.3, 0.4) is 0 Å². The summed E-state index contributed by atoms with van der Waals surface area (Å²) in [5.41, 5.74) is 2.09. The number of nitrogens with one attached hydrogen (secondary N) is 1. The van der Waals surface area contributed by atoms with Gasteiger partial charge in [-0.25, -0.2) is 0 Å². The second-order valence-corrected chi connectivity index (χ2v) is 4.80. The molecule has 108 valence electrons. The molecule has 0 saturated heterocycles. The number of para-hydroxylation sites is 1. The van der Waals surface area contributed by atoms with Crippen LogP contribution in [-0.2, 0) is 6.54 Å². The van der Waals surface area contributed by atoms with Crippen LogP contribution in [0, 0.1) is 12.3 Å². The summed E-state index contributed by atoms with van der Waals surface area (Å²) in [5.74, 6) is 3.54. The maximum absolute atomic E-state index is 9.52. The van der Waals surface area contributed by atoms with E-state index >= 15 is 0 Å². The lowest BCUT2D eigenvalue weighted by Gasteiger charge is -2.16. The lowest BCUT2D eigenvalue weighted by Crippen LogP contribution is -2.18. The van der Waals surface area contributed by atoms with E-state index in [0.717, 1.165) is 16.9 Å². The van der Waals surface area contributed by atoms with Crippen molar-refractivity contribution in [2.75, 3.05) is 6.61 Å². The van der Waals surface area contributed by atoms with Gasteiger partial charge in [-0.1, -0.05) is 36.3 Å². The van der Waals surface area contributed by atoms with Crippen LogP contribution >= 0.6 is 0 Å². The first-order valence-electron chi connectivity index (χ1n) is 6.87. The zero-order valence-corrected chi connectivity index (χ0v) is 12.0. The Hall–Kier alpha value is -2.44. The van der Waals surface area contributed by atoms with Gasteiger partial charge in [-0.3, -0.25) is 0 Å². The molecule has 2 aromatic rings. The maximum Gasteiger partial charge on any atom is 0.148 e. The first-order valence-corrected chi connectivity index (χ1v) is 6.87. The molecule has 0 saturated carbocycles. The fourth-order valence-corrected chi connectivity index (χ4v) is 2.09. The Kier molecular flexibility index (Phi) is 5.25. The molecule has 21 heavy (non-hydrogen) atoms. The van der Waals surface area contributed by atoms with Crippen molar-refractivity contribution < 1.29 is 9.84 Å². The molecule has 0 aliphatic rings.